The second-order valence-electron chi connectivity index (χ2n) is 3.32. The molecule has 0 aromatic heterocycles. The second-order valence-corrected chi connectivity index (χ2v) is 3.32. The smallest absolute Gasteiger partial charge is 0.405 e. The van der Waals surface area contributed by atoms with Crippen LogP contribution in [0, 0.1) is 11.3 Å². The largest absolute Gasteiger partial charge is 0.465 e. The normalized spacial score (nSPS) is 13.5. The quantitative estimate of drug-likeness (QED) is 0.653. The minimum absolute atomic E-state index is 0.280. The average molecular weight is 220 g/mol. The highest BCUT2D eigenvalue weighted by Crippen LogP contribution is 2.06. The Morgan fingerprint density at radius 1 is 1.44 bits per heavy atom. The summed E-state index contributed by atoms with van der Waals surface area (Å²) in [6, 6.07) is 9.88. The Balaban J connectivity index is 2.71. The third kappa shape index (κ3) is 3.59. The maximum absolute atomic E-state index is 10.5. The minimum atomic E-state index is -1.35. The molecule has 0 radical (unpaired) electrons. The summed E-state index contributed by atoms with van der Waals surface area (Å²) in [6.07, 6.45) is -2.33. The maximum Gasteiger partial charge on any atom is 0.405 e. The number of rotatable bonds is 4. The Labute approximate surface area is 92.9 Å². The molecule has 1 rings (SSSR count). The van der Waals surface area contributed by atoms with Gasteiger partial charge in [-0.1, -0.05) is 30.3 Å². The fourth-order valence-corrected chi connectivity index (χ4v) is 1.36. The predicted molar refractivity (Wildman–Crippen MR) is 56.7 cm³/mol. The van der Waals surface area contributed by atoms with Gasteiger partial charge in [-0.3, -0.25) is 0 Å². The molecule has 84 valence electrons. The number of amides is 1. The van der Waals surface area contributed by atoms with Crippen LogP contribution in [0.25, 0.3) is 0 Å². The summed E-state index contributed by atoms with van der Waals surface area (Å²) in [7, 11) is 0. The van der Waals surface area contributed by atoms with E-state index in [1.165, 1.54) is 0 Å². The van der Waals surface area contributed by atoms with Gasteiger partial charge in [0.1, 0.15) is 0 Å². The third-order valence-electron chi connectivity index (χ3n) is 2.12. The van der Waals surface area contributed by atoms with Crippen LogP contribution in [0.2, 0.25) is 0 Å². The van der Waals surface area contributed by atoms with Crippen LogP contribution in [-0.2, 0) is 6.42 Å². The molecule has 1 aromatic rings. The summed E-state index contributed by atoms with van der Waals surface area (Å²) < 4.78 is 0. The molecule has 2 atom stereocenters. The highest BCUT2D eigenvalue weighted by Gasteiger charge is 2.20. The molecule has 0 aliphatic heterocycles. The van der Waals surface area contributed by atoms with E-state index in [4.69, 9.17) is 10.4 Å². The van der Waals surface area contributed by atoms with E-state index in [9.17, 15) is 9.90 Å². The standard InChI is InChI=1S/C11H12N2O3/c12-7-10(14)9(13-11(15)16)6-8-4-2-1-3-5-8/h1-5,9-10,13-14H,6H2,(H,15,16)/t9?,10-/m1/s1. The van der Waals surface area contributed by atoms with E-state index in [1.807, 2.05) is 18.2 Å². The van der Waals surface area contributed by atoms with Crippen molar-refractivity contribution in [3.05, 3.63) is 35.9 Å². The van der Waals surface area contributed by atoms with Gasteiger partial charge in [0.05, 0.1) is 12.1 Å². The summed E-state index contributed by atoms with van der Waals surface area (Å²) >= 11 is 0. The first-order valence-corrected chi connectivity index (χ1v) is 4.74. The van der Waals surface area contributed by atoms with Gasteiger partial charge in [0, 0.05) is 0 Å². The molecule has 16 heavy (non-hydrogen) atoms. The van der Waals surface area contributed by atoms with Crippen molar-refractivity contribution >= 4 is 6.09 Å². The molecule has 0 bridgehead atoms. The van der Waals surface area contributed by atoms with Crippen molar-refractivity contribution in [3.8, 4) is 6.07 Å². The first-order chi connectivity index (χ1) is 7.63. The van der Waals surface area contributed by atoms with Crippen molar-refractivity contribution in [3.63, 3.8) is 0 Å². The Hall–Kier alpha value is -2.06. The van der Waals surface area contributed by atoms with Gasteiger partial charge in [0.15, 0.2) is 6.10 Å². The highest BCUT2D eigenvalue weighted by molar-refractivity contribution is 5.65. The van der Waals surface area contributed by atoms with Gasteiger partial charge in [-0.05, 0) is 12.0 Å². The van der Waals surface area contributed by atoms with Crippen LogP contribution in [-0.4, -0.2) is 28.5 Å². The number of nitrogens with zero attached hydrogens (tertiary/aromatic N) is 1. The molecule has 0 fully saturated rings. The Morgan fingerprint density at radius 2 is 2.06 bits per heavy atom. The van der Waals surface area contributed by atoms with E-state index >= 15 is 0 Å². The molecule has 0 aliphatic carbocycles. The first-order valence-electron chi connectivity index (χ1n) is 4.74. The van der Waals surface area contributed by atoms with E-state index in [2.05, 4.69) is 5.32 Å². The van der Waals surface area contributed by atoms with E-state index in [-0.39, 0.29) is 6.42 Å². The second kappa shape index (κ2) is 5.73. The number of nitriles is 1. The molecule has 1 amide bonds. The lowest BCUT2D eigenvalue weighted by molar-refractivity contribution is 0.154. The molecule has 0 aliphatic rings. The molecule has 0 heterocycles. The third-order valence-corrected chi connectivity index (χ3v) is 2.12. The van der Waals surface area contributed by atoms with Gasteiger partial charge in [0.2, 0.25) is 0 Å². The number of hydrogen-bond donors (Lipinski definition) is 3. The monoisotopic (exact) mass is 220 g/mol. The van der Waals surface area contributed by atoms with Crippen molar-refractivity contribution < 1.29 is 15.0 Å². The first kappa shape index (κ1) is 12.0. The lowest BCUT2D eigenvalue weighted by Gasteiger charge is -2.17. The van der Waals surface area contributed by atoms with Gasteiger partial charge >= 0.3 is 6.09 Å². The number of carboxylic acid groups (broad SMARTS) is 1. The fraction of sp³-hybridized carbons (Fsp3) is 0.273. The van der Waals surface area contributed by atoms with Crippen LogP contribution in [0.15, 0.2) is 30.3 Å². The van der Waals surface area contributed by atoms with E-state index in [0.29, 0.717) is 0 Å². The van der Waals surface area contributed by atoms with Crippen molar-refractivity contribution in [2.24, 2.45) is 0 Å². The van der Waals surface area contributed by atoms with E-state index < -0.39 is 18.2 Å². The van der Waals surface area contributed by atoms with Crippen LogP contribution in [0.1, 0.15) is 5.56 Å². The number of aliphatic hydroxyl groups excluding tert-OH is 1. The lowest BCUT2D eigenvalue weighted by atomic mass is 10.0. The Morgan fingerprint density at radius 3 is 2.56 bits per heavy atom. The fourth-order valence-electron chi connectivity index (χ4n) is 1.36. The number of benzene rings is 1. The Kier molecular flexibility index (Phi) is 4.30. The van der Waals surface area contributed by atoms with Gasteiger partial charge in [-0.15, -0.1) is 0 Å². The van der Waals surface area contributed by atoms with Crippen molar-refractivity contribution in [2.75, 3.05) is 0 Å². The van der Waals surface area contributed by atoms with Crippen LogP contribution in [0.5, 0.6) is 0 Å². The summed E-state index contributed by atoms with van der Waals surface area (Å²) in [5.74, 6) is 0. The molecule has 0 saturated carbocycles. The van der Waals surface area contributed by atoms with Crippen molar-refractivity contribution in [2.45, 2.75) is 18.6 Å². The summed E-state index contributed by atoms with van der Waals surface area (Å²) in [5.41, 5.74) is 0.857. The predicted octanol–water partition coefficient (Wildman–Crippen LogP) is 0.750. The molecular formula is C11H12N2O3. The molecule has 5 nitrogen and oxygen atoms in total. The van der Waals surface area contributed by atoms with Crippen LogP contribution in [0.4, 0.5) is 4.79 Å². The summed E-state index contributed by atoms with van der Waals surface area (Å²) in [4.78, 5) is 10.5. The lowest BCUT2D eigenvalue weighted by Crippen LogP contribution is -2.43. The summed E-state index contributed by atoms with van der Waals surface area (Å²) in [5, 5.41) is 28.6. The zero-order chi connectivity index (χ0) is 12.0. The maximum atomic E-state index is 10.5. The topological polar surface area (TPSA) is 93.4 Å². The number of hydrogen-bond acceptors (Lipinski definition) is 3. The summed E-state index contributed by atoms with van der Waals surface area (Å²) in [6.45, 7) is 0. The molecule has 0 saturated heterocycles. The van der Waals surface area contributed by atoms with Gasteiger partial charge < -0.3 is 15.5 Å². The average Bonchev–Trinajstić information content (AvgIpc) is 2.28. The SMILES string of the molecule is N#C[C@@H](O)C(Cc1ccccc1)NC(=O)O. The molecule has 0 spiro atoms. The molecule has 3 N–H and O–H groups in total. The molecular weight excluding hydrogens is 208 g/mol. The van der Waals surface area contributed by atoms with Gasteiger partial charge in [0.25, 0.3) is 0 Å². The minimum Gasteiger partial charge on any atom is -0.465 e. The highest BCUT2D eigenvalue weighted by atomic mass is 16.4. The van der Waals surface area contributed by atoms with Crippen molar-refractivity contribution in [1.82, 2.24) is 5.32 Å². The number of nitrogens with one attached hydrogen (secondary N) is 1. The van der Waals surface area contributed by atoms with E-state index in [1.54, 1.807) is 18.2 Å². The zero-order valence-electron chi connectivity index (χ0n) is 8.50. The van der Waals surface area contributed by atoms with Crippen molar-refractivity contribution in [1.29, 1.82) is 5.26 Å². The molecule has 5 heteroatoms. The van der Waals surface area contributed by atoms with Gasteiger partial charge in [-0.25, -0.2) is 4.79 Å². The van der Waals surface area contributed by atoms with Crippen LogP contribution < -0.4 is 5.32 Å². The molecule has 1 aromatic carbocycles. The van der Waals surface area contributed by atoms with Crippen LogP contribution in [0.3, 0.4) is 0 Å². The zero-order valence-corrected chi connectivity index (χ0v) is 8.50. The number of aliphatic hydroxyl groups is 1. The number of carbonyl (C=O) groups is 1. The van der Waals surface area contributed by atoms with E-state index in [0.717, 1.165) is 5.56 Å². The van der Waals surface area contributed by atoms with Gasteiger partial charge in [-0.2, -0.15) is 5.26 Å². The van der Waals surface area contributed by atoms with Crippen LogP contribution >= 0.6 is 0 Å². The molecule has 1 unspecified atom stereocenters. The Bertz CT molecular complexity index is 386.